The average molecular weight is 267 g/mol. The Morgan fingerprint density at radius 2 is 2.00 bits per heavy atom. The summed E-state index contributed by atoms with van der Waals surface area (Å²) in [5, 5.41) is 4.32. The summed E-state index contributed by atoms with van der Waals surface area (Å²) in [7, 11) is 0. The van der Waals surface area contributed by atoms with Crippen molar-refractivity contribution < 1.29 is 4.74 Å². The lowest BCUT2D eigenvalue weighted by Gasteiger charge is -2.12. The summed E-state index contributed by atoms with van der Waals surface area (Å²) < 4.78 is 7.28. The third-order valence-electron chi connectivity index (χ3n) is 3.34. The first kappa shape index (κ1) is 12.7. The molecule has 0 bridgehead atoms. The summed E-state index contributed by atoms with van der Waals surface area (Å²) >= 11 is 0. The molecule has 20 heavy (non-hydrogen) atoms. The van der Waals surface area contributed by atoms with Gasteiger partial charge in [-0.05, 0) is 36.8 Å². The zero-order valence-corrected chi connectivity index (χ0v) is 11.4. The van der Waals surface area contributed by atoms with Crippen LogP contribution < -0.4 is 10.5 Å². The van der Waals surface area contributed by atoms with Gasteiger partial charge in [0.15, 0.2) is 0 Å². The number of nitrogens with two attached hydrogens (primary N) is 1. The summed E-state index contributed by atoms with van der Waals surface area (Å²) in [6, 6.07) is 13.7. The van der Waals surface area contributed by atoms with Crippen molar-refractivity contribution in [3.8, 4) is 5.75 Å². The number of pyridine rings is 1. The number of hydrogen-bond acceptors (Lipinski definition) is 3. The fourth-order valence-corrected chi connectivity index (χ4v) is 2.31. The Morgan fingerprint density at radius 3 is 2.75 bits per heavy atom. The maximum absolute atomic E-state index is 6.36. The van der Waals surface area contributed by atoms with Crippen LogP contribution in [0, 0.1) is 0 Å². The number of benzene rings is 1. The minimum absolute atomic E-state index is 0.189. The Balaban J connectivity index is 1.93. The lowest BCUT2D eigenvalue weighted by molar-refractivity contribution is 0.340. The molecule has 2 heterocycles. The van der Waals surface area contributed by atoms with Crippen LogP contribution in [0.15, 0.2) is 54.9 Å². The first-order valence-electron chi connectivity index (χ1n) is 6.70. The van der Waals surface area contributed by atoms with Gasteiger partial charge in [-0.1, -0.05) is 18.2 Å². The molecule has 102 valence electrons. The summed E-state index contributed by atoms with van der Waals surface area (Å²) in [5.41, 5.74) is 9.46. The molecular weight excluding hydrogens is 250 g/mol. The smallest absolute Gasteiger partial charge is 0.119 e. The summed E-state index contributed by atoms with van der Waals surface area (Å²) in [5.74, 6) is 0.864. The van der Waals surface area contributed by atoms with Crippen molar-refractivity contribution in [3.63, 3.8) is 0 Å². The molecule has 0 amide bonds. The molecule has 3 rings (SSSR count). The molecule has 0 spiro atoms. The second-order valence-corrected chi connectivity index (χ2v) is 4.61. The first-order valence-corrected chi connectivity index (χ1v) is 6.70. The van der Waals surface area contributed by atoms with Gasteiger partial charge in [0.25, 0.3) is 0 Å². The van der Waals surface area contributed by atoms with E-state index in [1.165, 1.54) is 0 Å². The van der Waals surface area contributed by atoms with Crippen molar-refractivity contribution in [1.29, 1.82) is 0 Å². The highest BCUT2D eigenvalue weighted by Gasteiger charge is 2.14. The van der Waals surface area contributed by atoms with Gasteiger partial charge in [0, 0.05) is 11.8 Å². The lowest BCUT2D eigenvalue weighted by atomic mass is 10.0. The van der Waals surface area contributed by atoms with Crippen molar-refractivity contribution in [1.82, 2.24) is 9.61 Å². The molecule has 0 saturated carbocycles. The summed E-state index contributed by atoms with van der Waals surface area (Å²) in [4.78, 5) is 0. The van der Waals surface area contributed by atoms with Crippen LogP contribution in [0.2, 0.25) is 0 Å². The van der Waals surface area contributed by atoms with Crippen molar-refractivity contribution >= 4 is 5.52 Å². The minimum Gasteiger partial charge on any atom is -0.494 e. The van der Waals surface area contributed by atoms with Crippen LogP contribution in [0.3, 0.4) is 0 Å². The van der Waals surface area contributed by atoms with Crippen LogP contribution in [0.5, 0.6) is 5.75 Å². The minimum atomic E-state index is -0.189. The van der Waals surface area contributed by atoms with Gasteiger partial charge in [0.1, 0.15) is 5.75 Å². The fourth-order valence-electron chi connectivity index (χ4n) is 2.31. The Labute approximate surface area is 117 Å². The second-order valence-electron chi connectivity index (χ2n) is 4.61. The number of fused-ring (bicyclic) bond motifs is 1. The molecule has 0 fully saturated rings. The van der Waals surface area contributed by atoms with E-state index in [9.17, 15) is 0 Å². The molecule has 1 aromatic carbocycles. The van der Waals surface area contributed by atoms with Gasteiger partial charge in [-0.15, -0.1) is 0 Å². The Hall–Kier alpha value is -2.33. The zero-order chi connectivity index (χ0) is 13.9. The molecule has 2 aromatic heterocycles. The molecule has 1 atom stereocenters. The largest absolute Gasteiger partial charge is 0.494 e. The number of hydrogen-bond donors (Lipinski definition) is 1. The topological polar surface area (TPSA) is 52.5 Å². The maximum atomic E-state index is 6.36. The van der Waals surface area contributed by atoms with Gasteiger partial charge in [-0.2, -0.15) is 5.10 Å². The van der Waals surface area contributed by atoms with Crippen LogP contribution in [-0.2, 0) is 0 Å². The van der Waals surface area contributed by atoms with E-state index >= 15 is 0 Å². The van der Waals surface area contributed by atoms with E-state index in [4.69, 9.17) is 10.5 Å². The fraction of sp³-hybridized carbons (Fsp3) is 0.188. The number of ether oxygens (including phenoxy) is 1. The highest BCUT2D eigenvalue weighted by atomic mass is 16.5. The van der Waals surface area contributed by atoms with Gasteiger partial charge >= 0.3 is 0 Å². The molecule has 3 aromatic rings. The van der Waals surface area contributed by atoms with Gasteiger partial charge < -0.3 is 10.5 Å². The molecule has 0 saturated heterocycles. The van der Waals surface area contributed by atoms with Crippen molar-refractivity contribution in [2.45, 2.75) is 13.0 Å². The molecule has 4 nitrogen and oxygen atoms in total. The van der Waals surface area contributed by atoms with E-state index in [1.54, 1.807) is 0 Å². The van der Waals surface area contributed by atoms with Crippen LogP contribution >= 0.6 is 0 Å². The van der Waals surface area contributed by atoms with Crippen LogP contribution in [0.25, 0.3) is 5.52 Å². The van der Waals surface area contributed by atoms with Gasteiger partial charge in [0.05, 0.1) is 24.4 Å². The monoisotopic (exact) mass is 267 g/mol. The molecule has 0 aliphatic heterocycles. The molecule has 2 N–H and O–H groups in total. The Bertz CT molecular complexity index is 703. The predicted molar refractivity (Wildman–Crippen MR) is 78.8 cm³/mol. The van der Waals surface area contributed by atoms with E-state index in [-0.39, 0.29) is 6.04 Å². The molecule has 0 aliphatic carbocycles. The lowest BCUT2D eigenvalue weighted by Crippen LogP contribution is -2.11. The summed E-state index contributed by atoms with van der Waals surface area (Å²) in [6.07, 6.45) is 3.75. The SMILES string of the molecule is CCOc1ccc(C(N)c2cnn3ccccc23)cc1. The highest BCUT2D eigenvalue weighted by molar-refractivity contribution is 5.57. The summed E-state index contributed by atoms with van der Waals surface area (Å²) in [6.45, 7) is 2.64. The second kappa shape index (κ2) is 5.35. The molecule has 0 radical (unpaired) electrons. The molecule has 4 heteroatoms. The Morgan fingerprint density at radius 1 is 1.20 bits per heavy atom. The van der Waals surface area contributed by atoms with Crippen LogP contribution in [0.4, 0.5) is 0 Å². The van der Waals surface area contributed by atoms with Gasteiger partial charge in [-0.3, -0.25) is 0 Å². The first-order chi connectivity index (χ1) is 9.79. The van der Waals surface area contributed by atoms with Crippen LogP contribution in [0.1, 0.15) is 24.1 Å². The van der Waals surface area contributed by atoms with Crippen molar-refractivity contribution in [3.05, 3.63) is 66.0 Å². The number of aromatic nitrogens is 2. The zero-order valence-electron chi connectivity index (χ0n) is 11.4. The average Bonchev–Trinajstić information content (AvgIpc) is 2.92. The standard InChI is InChI=1S/C16H17N3O/c1-2-20-13-8-6-12(7-9-13)16(17)14-11-18-19-10-4-3-5-15(14)19/h3-11,16H,2,17H2,1H3. The van der Waals surface area contributed by atoms with Gasteiger partial charge in [-0.25, -0.2) is 4.52 Å². The molecule has 1 unspecified atom stereocenters. The van der Waals surface area contributed by atoms with E-state index in [0.29, 0.717) is 6.61 Å². The highest BCUT2D eigenvalue weighted by Crippen LogP contribution is 2.25. The third kappa shape index (κ3) is 2.26. The van der Waals surface area contributed by atoms with E-state index in [0.717, 1.165) is 22.4 Å². The van der Waals surface area contributed by atoms with Crippen LogP contribution in [-0.4, -0.2) is 16.2 Å². The predicted octanol–water partition coefficient (Wildman–Crippen LogP) is 2.78. The third-order valence-corrected chi connectivity index (χ3v) is 3.34. The molecular formula is C16H17N3O. The van der Waals surface area contributed by atoms with E-state index in [1.807, 2.05) is 66.3 Å². The van der Waals surface area contributed by atoms with E-state index < -0.39 is 0 Å². The molecule has 0 aliphatic rings. The maximum Gasteiger partial charge on any atom is 0.119 e. The Kier molecular flexibility index (Phi) is 3.39. The quantitative estimate of drug-likeness (QED) is 0.790. The number of rotatable bonds is 4. The normalized spacial score (nSPS) is 12.5. The van der Waals surface area contributed by atoms with E-state index in [2.05, 4.69) is 5.10 Å². The van der Waals surface area contributed by atoms with Crippen molar-refractivity contribution in [2.75, 3.05) is 6.61 Å². The van der Waals surface area contributed by atoms with Crippen molar-refractivity contribution in [2.24, 2.45) is 5.73 Å². The van der Waals surface area contributed by atoms with Gasteiger partial charge in [0.2, 0.25) is 0 Å². The number of nitrogens with zero attached hydrogens (tertiary/aromatic N) is 2.